The van der Waals surface area contributed by atoms with Crippen LogP contribution in [0.4, 0.5) is 0 Å². The van der Waals surface area contributed by atoms with Gasteiger partial charge in [0, 0.05) is 12.0 Å². The Hall–Kier alpha value is -1.09. The van der Waals surface area contributed by atoms with Crippen molar-refractivity contribution in [2.45, 2.75) is 139 Å². The van der Waals surface area contributed by atoms with Gasteiger partial charge in [0.15, 0.2) is 0 Å². The first-order chi connectivity index (χ1) is 17.5. The highest BCUT2D eigenvalue weighted by Crippen LogP contribution is 2.62. The van der Waals surface area contributed by atoms with E-state index in [1.807, 2.05) is 13.8 Å². The summed E-state index contributed by atoms with van der Waals surface area (Å²) in [6.07, 6.45) is 14.9. The van der Waals surface area contributed by atoms with Crippen LogP contribution in [0.3, 0.4) is 0 Å². The third kappa shape index (κ3) is 5.57. The number of rotatable bonds is 10. The van der Waals surface area contributed by atoms with Gasteiger partial charge in [0.1, 0.15) is 6.10 Å². The Bertz CT molecular complexity index is 886. The Morgan fingerprint density at radius 2 is 1.82 bits per heavy atom. The van der Waals surface area contributed by atoms with E-state index in [1.165, 1.54) is 37.7 Å². The summed E-state index contributed by atoms with van der Waals surface area (Å²) in [5.74, 6) is 3.15. The maximum absolute atomic E-state index is 13.0. The lowest BCUT2D eigenvalue weighted by atomic mass is 9.49. The van der Waals surface area contributed by atoms with Crippen LogP contribution >= 0.6 is 0 Å². The number of hydrogen-bond acceptors (Lipinski definition) is 3. The fourth-order valence-corrected chi connectivity index (χ4v) is 8.48. The van der Waals surface area contributed by atoms with Gasteiger partial charge in [-0.2, -0.15) is 0 Å². The largest absolute Gasteiger partial charge is 0.462 e. The SMILES string of the molecule is C=C[C@]1(C)[C@@H]([C@H](C)CCCC(C)C)CC[C@H]1C1(N)CC=C2CC(OC(=O)C(C)(C)C(C)C)CCC2(C)[C@H]1C. The lowest BCUT2D eigenvalue weighted by molar-refractivity contribution is -0.164. The maximum atomic E-state index is 13.0. The minimum absolute atomic E-state index is 0.0154. The van der Waals surface area contributed by atoms with Crippen LogP contribution < -0.4 is 5.73 Å². The molecule has 0 bridgehead atoms. The van der Waals surface area contributed by atoms with E-state index in [1.54, 1.807) is 0 Å². The summed E-state index contributed by atoms with van der Waals surface area (Å²) in [5, 5.41) is 0. The van der Waals surface area contributed by atoms with Crippen molar-refractivity contribution in [2.24, 2.45) is 57.5 Å². The number of hydrogen-bond donors (Lipinski definition) is 1. The quantitative estimate of drug-likeness (QED) is 0.228. The molecule has 3 heteroatoms. The molecule has 0 aromatic rings. The molecule has 2 saturated carbocycles. The molecular formula is C35H61NO2. The second-order valence-corrected chi connectivity index (χ2v) is 15.4. The van der Waals surface area contributed by atoms with Crippen LogP contribution in [0.1, 0.15) is 127 Å². The summed E-state index contributed by atoms with van der Waals surface area (Å²) in [6, 6.07) is 0. The molecule has 0 aliphatic heterocycles. The molecule has 0 radical (unpaired) electrons. The first kappa shape index (κ1) is 31.4. The van der Waals surface area contributed by atoms with Crippen LogP contribution in [-0.2, 0) is 9.53 Å². The number of fused-ring (bicyclic) bond motifs is 1. The second-order valence-electron chi connectivity index (χ2n) is 15.4. The fourth-order valence-electron chi connectivity index (χ4n) is 8.48. The van der Waals surface area contributed by atoms with Crippen LogP contribution in [0.15, 0.2) is 24.3 Å². The number of ether oxygens (including phenoxy) is 1. The van der Waals surface area contributed by atoms with E-state index in [-0.39, 0.29) is 34.4 Å². The Labute approximate surface area is 235 Å². The van der Waals surface area contributed by atoms with Crippen molar-refractivity contribution in [3.8, 4) is 0 Å². The third-order valence-electron chi connectivity index (χ3n) is 12.4. The predicted octanol–water partition coefficient (Wildman–Crippen LogP) is 9.12. The van der Waals surface area contributed by atoms with Crippen molar-refractivity contribution in [1.29, 1.82) is 0 Å². The van der Waals surface area contributed by atoms with Crippen molar-refractivity contribution in [2.75, 3.05) is 0 Å². The average Bonchev–Trinajstić information content (AvgIpc) is 3.20. The molecule has 0 amide bonds. The molecule has 2 fully saturated rings. The minimum Gasteiger partial charge on any atom is -0.462 e. The second kappa shape index (κ2) is 11.4. The number of nitrogens with two attached hydrogens (primary N) is 1. The van der Waals surface area contributed by atoms with Gasteiger partial charge in [0.2, 0.25) is 0 Å². The summed E-state index contributed by atoms with van der Waals surface area (Å²) < 4.78 is 6.11. The molecule has 0 aromatic heterocycles. The molecule has 0 aromatic carbocycles. The smallest absolute Gasteiger partial charge is 0.312 e. The van der Waals surface area contributed by atoms with E-state index in [4.69, 9.17) is 10.5 Å². The van der Waals surface area contributed by atoms with Gasteiger partial charge in [0.05, 0.1) is 5.41 Å². The number of esters is 1. The molecule has 2 N–H and O–H groups in total. The summed E-state index contributed by atoms with van der Waals surface area (Å²) in [4.78, 5) is 13.0. The van der Waals surface area contributed by atoms with Crippen molar-refractivity contribution in [3.63, 3.8) is 0 Å². The predicted molar refractivity (Wildman–Crippen MR) is 162 cm³/mol. The summed E-state index contributed by atoms with van der Waals surface area (Å²) in [6.45, 7) is 27.1. The number of carbonyl (C=O) groups excluding carboxylic acids is 1. The molecule has 3 aliphatic rings. The van der Waals surface area contributed by atoms with Crippen molar-refractivity contribution < 1.29 is 9.53 Å². The van der Waals surface area contributed by atoms with Gasteiger partial charge in [-0.1, -0.05) is 92.4 Å². The van der Waals surface area contributed by atoms with E-state index in [0.29, 0.717) is 23.7 Å². The number of allylic oxidation sites excluding steroid dienone is 1. The molecular weight excluding hydrogens is 466 g/mol. The van der Waals surface area contributed by atoms with Crippen LogP contribution in [0.25, 0.3) is 0 Å². The molecule has 8 atom stereocenters. The van der Waals surface area contributed by atoms with E-state index < -0.39 is 5.41 Å². The Balaban J connectivity index is 1.78. The third-order valence-corrected chi connectivity index (χ3v) is 12.4. The summed E-state index contributed by atoms with van der Waals surface area (Å²) in [7, 11) is 0. The van der Waals surface area contributed by atoms with Crippen molar-refractivity contribution in [1.82, 2.24) is 0 Å². The molecule has 0 saturated heterocycles. The molecule has 0 spiro atoms. The fraction of sp³-hybridized carbons (Fsp3) is 0.857. The van der Waals surface area contributed by atoms with Gasteiger partial charge < -0.3 is 10.5 Å². The topological polar surface area (TPSA) is 52.3 Å². The standard InChI is InChI=1S/C35H61NO2/c1-12-33(10)29(25(6)15-13-14-23(2)3)16-17-30(33)35(36)21-18-27-22-28(19-20-34(27,11)26(35)7)38-31(37)32(8,9)24(4)5/h12,18,23-26,28-30H,1,13-17,19-22,36H2,2-11H3/t25-,26-,28?,29-,30-,33-,34?,35?/m1/s1. The van der Waals surface area contributed by atoms with Gasteiger partial charge in [-0.15, -0.1) is 6.58 Å². The molecule has 218 valence electrons. The van der Waals surface area contributed by atoms with E-state index >= 15 is 0 Å². The van der Waals surface area contributed by atoms with Crippen LogP contribution in [0, 0.1) is 51.8 Å². The molecule has 3 unspecified atom stereocenters. The Morgan fingerprint density at radius 3 is 2.39 bits per heavy atom. The highest BCUT2D eigenvalue weighted by Gasteiger charge is 2.60. The maximum Gasteiger partial charge on any atom is 0.312 e. The molecule has 3 aliphatic carbocycles. The van der Waals surface area contributed by atoms with Crippen LogP contribution in [-0.4, -0.2) is 17.6 Å². The summed E-state index contributed by atoms with van der Waals surface area (Å²) >= 11 is 0. The van der Waals surface area contributed by atoms with E-state index in [9.17, 15) is 4.79 Å². The van der Waals surface area contributed by atoms with E-state index in [2.05, 4.69) is 74.1 Å². The van der Waals surface area contributed by atoms with Crippen molar-refractivity contribution in [3.05, 3.63) is 24.3 Å². The minimum atomic E-state index is -0.457. The zero-order valence-electron chi connectivity index (χ0n) is 26.7. The van der Waals surface area contributed by atoms with Crippen molar-refractivity contribution >= 4 is 5.97 Å². The molecule has 38 heavy (non-hydrogen) atoms. The van der Waals surface area contributed by atoms with Gasteiger partial charge in [-0.3, -0.25) is 4.79 Å². The van der Waals surface area contributed by atoms with Crippen LogP contribution in [0.2, 0.25) is 0 Å². The normalized spacial score (nSPS) is 38.6. The first-order valence-electron chi connectivity index (χ1n) is 15.9. The first-order valence-corrected chi connectivity index (χ1v) is 15.9. The van der Waals surface area contributed by atoms with Gasteiger partial charge in [-0.25, -0.2) is 0 Å². The zero-order chi connectivity index (χ0) is 28.7. The Morgan fingerprint density at radius 1 is 1.16 bits per heavy atom. The van der Waals surface area contributed by atoms with Crippen LogP contribution in [0.5, 0.6) is 0 Å². The number of carbonyl (C=O) groups is 1. The highest BCUT2D eigenvalue weighted by molar-refractivity contribution is 5.76. The van der Waals surface area contributed by atoms with Gasteiger partial charge in [-0.05, 0) is 92.3 Å². The Kier molecular flexibility index (Phi) is 9.45. The zero-order valence-corrected chi connectivity index (χ0v) is 26.7. The molecule has 0 heterocycles. The van der Waals surface area contributed by atoms with Gasteiger partial charge in [0.25, 0.3) is 0 Å². The highest BCUT2D eigenvalue weighted by atomic mass is 16.5. The average molecular weight is 528 g/mol. The lowest BCUT2D eigenvalue weighted by Gasteiger charge is -2.58. The van der Waals surface area contributed by atoms with E-state index in [0.717, 1.165) is 31.6 Å². The lowest BCUT2D eigenvalue weighted by Crippen LogP contribution is -2.62. The molecule has 3 rings (SSSR count). The monoisotopic (exact) mass is 527 g/mol. The molecule has 3 nitrogen and oxygen atoms in total. The summed E-state index contributed by atoms with van der Waals surface area (Å²) in [5.41, 5.74) is 8.48. The van der Waals surface area contributed by atoms with Gasteiger partial charge >= 0.3 is 5.97 Å².